The summed E-state index contributed by atoms with van der Waals surface area (Å²) in [7, 11) is 0. The monoisotopic (exact) mass is 288 g/mol. The van der Waals surface area contributed by atoms with Gasteiger partial charge >= 0.3 is 0 Å². The average molecular weight is 288 g/mol. The summed E-state index contributed by atoms with van der Waals surface area (Å²) in [5, 5.41) is 9.12. The summed E-state index contributed by atoms with van der Waals surface area (Å²) < 4.78 is 1.28. The quantitative estimate of drug-likeness (QED) is 0.759. The van der Waals surface area contributed by atoms with Gasteiger partial charge in [-0.05, 0) is 41.1 Å². The molecule has 2 aromatic heterocycles. The number of thiazole rings is 1. The SMILES string of the molecule is CCNC(Cc1nc2ccccc2s1)c1ccsc1. The summed E-state index contributed by atoms with van der Waals surface area (Å²) in [6.45, 7) is 3.13. The van der Waals surface area contributed by atoms with Gasteiger partial charge in [0.05, 0.1) is 15.2 Å². The van der Waals surface area contributed by atoms with E-state index in [0.29, 0.717) is 6.04 Å². The number of para-hydroxylation sites is 1. The summed E-state index contributed by atoms with van der Waals surface area (Å²) in [6, 6.07) is 10.9. The first-order chi connectivity index (χ1) is 9.36. The molecule has 1 N–H and O–H groups in total. The van der Waals surface area contributed by atoms with Gasteiger partial charge in [0.15, 0.2) is 0 Å². The smallest absolute Gasteiger partial charge is 0.0957 e. The molecule has 2 nitrogen and oxygen atoms in total. The average Bonchev–Trinajstić information content (AvgIpc) is 3.07. The summed E-state index contributed by atoms with van der Waals surface area (Å²) >= 11 is 3.55. The maximum absolute atomic E-state index is 4.73. The molecule has 0 spiro atoms. The predicted molar refractivity (Wildman–Crippen MR) is 84.1 cm³/mol. The van der Waals surface area contributed by atoms with Crippen LogP contribution in [-0.2, 0) is 6.42 Å². The molecule has 0 aliphatic heterocycles. The van der Waals surface area contributed by atoms with E-state index < -0.39 is 0 Å². The molecule has 1 atom stereocenters. The molecule has 19 heavy (non-hydrogen) atoms. The zero-order valence-electron chi connectivity index (χ0n) is 10.8. The zero-order chi connectivity index (χ0) is 13.1. The zero-order valence-corrected chi connectivity index (χ0v) is 12.4. The Morgan fingerprint density at radius 2 is 2.16 bits per heavy atom. The molecule has 3 aromatic rings. The van der Waals surface area contributed by atoms with Gasteiger partial charge in [-0.1, -0.05) is 19.1 Å². The minimum Gasteiger partial charge on any atom is -0.310 e. The number of hydrogen-bond donors (Lipinski definition) is 1. The van der Waals surface area contributed by atoms with Gasteiger partial charge in [0, 0.05) is 12.5 Å². The van der Waals surface area contributed by atoms with E-state index in [1.54, 1.807) is 22.7 Å². The molecule has 0 aliphatic carbocycles. The van der Waals surface area contributed by atoms with Crippen molar-refractivity contribution in [3.8, 4) is 0 Å². The van der Waals surface area contributed by atoms with Crippen molar-refractivity contribution in [3.63, 3.8) is 0 Å². The molecule has 1 aromatic carbocycles. The molecule has 0 aliphatic rings. The first kappa shape index (κ1) is 12.8. The fraction of sp³-hybridized carbons (Fsp3) is 0.267. The predicted octanol–water partition coefficient (Wildman–Crippen LogP) is 4.25. The van der Waals surface area contributed by atoms with Gasteiger partial charge in [0.2, 0.25) is 0 Å². The normalized spacial score (nSPS) is 12.9. The fourth-order valence-electron chi connectivity index (χ4n) is 2.21. The van der Waals surface area contributed by atoms with Crippen molar-refractivity contribution < 1.29 is 0 Å². The molecule has 0 bridgehead atoms. The second-order valence-corrected chi connectivity index (χ2v) is 6.34. The number of fused-ring (bicyclic) bond motifs is 1. The van der Waals surface area contributed by atoms with Gasteiger partial charge in [0.25, 0.3) is 0 Å². The highest BCUT2D eigenvalue weighted by atomic mass is 32.1. The van der Waals surface area contributed by atoms with Gasteiger partial charge < -0.3 is 5.32 Å². The number of thiophene rings is 1. The Hall–Kier alpha value is -1.23. The van der Waals surface area contributed by atoms with Crippen LogP contribution in [0.15, 0.2) is 41.1 Å². The van der Waals surface area contributed by atoms with Crippen LogP contribution in [0, 0.1) is 0 Å². The van der Waals surface area contributed by atoms with Gasteiger partial charge in [-0.25, -0.2) is 4.98 Å². The second-order valence-electron chi connectivity index (χ2n) is 4.45. The minimum atomic E-state index is 0.372. The highest BCUT2D eigenvalue weighted by Gasteiger charge is 2.14. The van der Waals surface area contributed by atoms with E-state index in [1.807, 2.05) is 6.07 Å². The Kier molecular flexibility index (Phi) is 3.92. The van der Waals surface area contributed by atoms with Crippen molar-refractivity contribution in [2.45, 2.75) is 19.4 Å². The lowest BCUT2D eigenvalue weighted by atomic mass is 10.1. The Balaban J connectivity index is 1.85. The highest BCUT2D eigenvalue weighted by Crippen LogP contribution is 2.26. The number of likely N-dealkylation sites (N-methyl/N-ethyl adjacent to an activating group) is 1. The maximum Gasteiger partial charge on any atom is 0.0957 e. The number of nitrogens with zero attached hydrogens (tertiary/aromatic N) is 1. The number of nitrogens with one attached hydrogen (secondary N) is 1. The Labute approximate surface area is 121 Å². The van der Waals surface area contributed by atoms with Crippen LogP contribution < -0.4 is 5.32 Å². The topological polar surface area (TPSA) is 24.9 Å². The fourth-order valence-corrected chi connectivity index (χ4v) is 3.94. The van der Waals surface area contributed by atoms with Crippen molar-refractivity contribution in [2.75, 3.05) is 6.54 Å². The van der Waals surface area contributed by atoms with Crippen molar-refractivity contribution in [1.29, 1.82) is 0 Å². The summed E-state index contributed by atoms with van der Waals surface area (Å²) in [5.41, 5.74) is 2.48. The van der Waals surface area contributed by atoms with Crippen LogP contribution in [0.25, 0.3) is 10.2 Å². The molecule has 2 heterocycles. The molecular weight excluding hydrogens is 272 g/mol. The molecule has 0 radical (unpaired) electrons. The number of hydrogen-bond acceptors (Lipinski definition) is 4. The van der Waals surface area contributed by atoms with E-state index in [0.717, 1.165) is 18.5 Å². The van der Waals surface area contributed by atoms with Crippen LogP contribution in [-0.4, -0.2) is 11.5 Å². The minimum absolute atomic E-state index is 0.372. The lowest BCUT2D eigenvalue weighted by molar-refractivity contribution is 0.550. The number of aromatic nitrogens is 1. The van der Waals surface area contributed by atoms with Gasteiger partial charge in [-0.15, -0.1) is 11.3 Å². The van der Waals surface area contributed by atoms with Crippen molar-refractivity contribution in [3.05, 3.63) is 51.7 Å². The third-order valence-electron chi connectivity index (χ3n) is 3.11. The van der Waals surface area contributed by atoms with E-state index in [2.05, 4.69) is 47.3 Å². The maximum atomic E-state index is 4.73. The van der Waals surface area contributed by atoms with Gasteiger partial charge in [-0.3, -0.25) is 0 Å². The molecule has 3 rings (SSSR count). The van der Waals surface area contributed by atoms with Crippen LogP contribution in [0.4, 0.5) is 0 Å². The van der Waals surface area contributed by atoms with Crippen LogP contribution in [0.1, 0.15) is 23.5 Å². The molecule has 0 fully saturated rings. The van der Waals surface area contributed by atoms with E-state index in [4.69, 9.17) is 4.98 Å². The van der Waals surface area contributed by atoms with Gasteiger partial charge in [-0.2, -0.15) is 11.3 Å². The van der Waals surface area contributed by atoms with E-state index in [1.165, 1.54) is 15.3 Å². The second kappa shape index (κ2) is 5.82. The molecular formula is C15H16N2S2. The Morgan fingerprint density at radius 3 is 2.89 bits per heavy atom. The number of benzene rings is 1. The van der Waals surface area contributed by atoms with E-state index >= 15 is 0 Å². The van der Waals surface area contributed by atoms with Crippen molar-refractivity contribution >= 4 is 32.9 Å². The third kappa shape index (κ3) is 2.86. The summed E-state index contributed by atoms with van der Waals surface area (Å²) in [4.78, 5) is 4.73. The third-order valence-corrected chi connectivity index (χ3v) is 4.87. The molecule has 0 saturated heterocycles. The van der Waals surface area contributed by atoms with Crippen LogP contribution in [0.3, 0.4) is 0 Å². The van der Waals surface area contributed by atoms with Crippen molar-refractivity contribution in [2.24, 2.45) is 0 Å². The van der Waals surface area contributed by atoms with Crippen molar-refractivity contribution in [1.82, 2.24) is 10.3 Å². The standard InChI is InChI=1S/C15H16N2S2/c1-2-16-13(11-7-8-18-10-11)9-15-17-12-5-3-4-6-14(12)19-15/h3-8,10,13,16H,2,9H2,1H3. The van der Waals surface area contributed by atoms with Crippen LogP contribution in [0.2, 0.25) is 0 Å². The lowest BCUT2D eigenvalue weighted by Crippen LogP contribution is -2.22. The van der Waals surface area contributed by atoms with Crippen LogP contribution >= 0.6 is 22.7 Å². The molecule has 98 valence electrons. The molecule has 1 unspecified atom stereocenters. The molecule has 0 amide bonds. The van der Waals surface area contributed by atoms with Crippen LogP contribution in [0.5, 0.6) is 0 Å². The Morgan fingerprint density at radius 1 is 1.26 bits per heavy atom. The summed E-state index contributed by atoms with van der Waals surface area (Å²) in [6.07, 6.45) is 0.962. The first-order valence-electron chi connectivity index (χ1n) is 6.46. The molecule has 0 saturated carbocycles. The first-order valence-corrected chi connectivity index (χ1v) is 8.22. The highest BCUT2D eigenvalue weighted by molar-refractivity contribution is 7.18. The lowest BCUT2D eigenvalue weighted by Gasteiger charge is -2.15. The number of rotatable bonds is 5. The van der Waals surface area contributed by atoms with E-state index in [9.17, 15) is 0 Å². The largest absolute Gasteiger partial charge is 0.310 e. The van der Waals surface area contributed by atoms with Gasteiger partial charge in [0.1, 0.15) is 0 Å². The van der Waals surface area contributed by atoms with E-state index in [-0.39, 0.29) is 0 Å². The molecule has 4 heteroatoms. The summed E-state index contributed by atoms with van der Waals surface area (Å²) in [5.74, 6) is 0. The Bertz CT molecular complexity index is 610.